The van der Waals surface area contributed by atoms with Crippen LogP contribution in [0.5, 0.6) is 5.75 Å². The highest BCUT2D eigenvalue weighted by molar-refractivity contribution is 5.97. The topological polar surface area (TPSA) is 47.6 Å². The van der Waals surface area contributed by atoms with E-state index in [1.54, 1.807) is 0 Å². The Labute approximate surface area is 169 Å². The number of benzene rings is 2. The molecule has 0 aliphatic carbocycles. The lowest BCUT2D eigenvalue weighted by Crippen LogP contribution is -2.42. The van der Waals surface area contributed by atoms with Crippen molar-refractivity contribution >= 4 is 11.6 Å². The van der Waals surface area contributed by atoms with Crippen LogP contribution in [0.3, 0.4) is 0 Å². The summed E-state index contributed by atoms with van der Waals surface area (Å²) in [6.45, 7) is 8.98. The minimum atomic E-state index is -0.805. The van der Waals surface area contributed by atoms with Crippen LogP contribution in [-0.2, 0) is 16.1 Å². The van der Waals surface area contributed by atoms with E-state index in [9.17, 15) is 4.79 Å². The van der Waals surface area contributed by atoms with Gasteiger partial charge in [0.25, 0.3) is 5.91 Å². The zero-order chi connectivity index (χ0) is 20.4. The van der Waals surface area contributed by atoms with Crippen LogP contribution in [-0.4, -0.2) is 18.1 Å². The Bertz CT molecular complexity index is 745. The monoisotopic (exact) mass is 383 g/mol. The molecule has 4 nitrogen and oxygen atoms in total. The van der Waals surface area contributed by atoms with E-state index in [1.165, 1.54) is 0 Å². The van der Waals surface area contributed by atoms with Gasteiger partial charge < -0.3 is 14.8 Å². The van der Waals surface area contributed by atoms with Gasteiger partial charge in [-0.2, -0.15) is 0 Å². The molecule has 0 unspecified atom stereocenters. The average Bonchev–Trinajstić information content (AvgIpc) is 2.68. The van der Waals surface area contributed by atoms with Crippen molar-refractivity contribution in [2.45, 2.75) is 65.6 Å². The molecule has 0 radical (unpaired) electrons. The van der Waals surface area contributed by atoms with Crippen LogP contribution in [0.2, 0.25) is 0 Å². The van der Waals surface area contributed by atoms with Crippen molar-refractivity contribution in [3.63, 3.8) is 0 Å². The van der Waals surface area contributed by atoms with E-state index in [2.05, 4.69) is 12.2 Å². The van der Waals surface area contributed by atoms with Gasteiger partial charge >= 0.3 is 0 Å². The lowest BCUT2D eigenvalue weighted by atomic mass is 9.96. The lowest BCUT2D eigenvalue weighted by Gasteiger charge is -2.28. The molecule has 152 valence electrons. The number of ether oxygens (including phenoxy) is 2. The molecule has 0 saturated carbocycles. The molecule has 0 heterocycles. The maximum absolute atomic E-state index is 12.9. The van der Waals surface area contributed by atoms with Crippen LogP contribution < -0.4 is 10.1 Å². The Balaban J connectivity index is 2.00. The molecule has 1 amide bonds. The zero-order valence-electron chi connectivity index (χ0n) is 17.6. The largest absolute Gasteiger partial charge is 0.489 e. The molecule has 0 bridgehead atoms. The van der Waals surface area contributed by atoms with Crippen LogP contribution in [0.1, 0.15) is 57.6 Å². The number of carbonyl (C=O) groups is 1. The molecular formula is C24H33NO3. The number of unbranched alkanes of at least 4 members (excludes halogenated alkanes) is 2. The number of carbonyl (C=O) groups excluding carboxylic acids is 1. The molecule has 0 aliphatic rings. The molecule has 0 aromatic heterocycles. The van der Waals surface area contributed by atoms with Crippen LogP contribution in [0, 0.1) is 6.92 Å². The first-order chi connectivity index (χ1) is 13.5. The third-order valence-corrected chi connectivity index (χ3v) is 4.87. The van der Waals surface area contributed by atoms with Gasteiger partial charge in [-0.15, -0.1) is 0 Å². The smallest absolute Gasteiger partial charge is 0.256 e. The third kappa shape index (κ3) is 6.38. The normalized spacial score (nSPS) is 13.0. The second-order valence-corrected chi connectivity index (χ2v) is 7.33. The van der Waals surface area contributed by atoms with Gasteiger partial charge in [-0.05, 0) is 56.5 Å². The van der Waals surface area contributed by atoms with Gasteiger partial charge in [0.1, 0.15) is 18.0 Å². The summed E-state index contributed by atoms with van der Waals surface area (Å²) < 4.78 is 11.7. The molecule has 2 aromatic rings. The van der Waals surface area contributed by atoms with Gasteiger partial charge in [-0.1, -0.05) is 56.5 Å². The average molecular weight is 384 g/mol. The van der Waals surface area contributed by atoms with Gasteiger partial charge in [-0.25, -0.2) is 0 Å². The summed E-state index contributed by atoms with van der Waals surface area (Å²) >= 11 is 0. The van der Waals surface area contributed by atoms with Gasteiger partial charge in [-0.3, -0.25) is 4.79 Å². The SMILES string of the molecule is CCCCC[C@@](C)(OCC)C(=O)Nc1ccc(OCc2ccccc2)c(C)c1. The predicted molar refractivity (Wildman–Crippen MR) is 115 cm³/mol. The second kappa shape index (κ2) is 10.9. The summed E-state index contributed by atoms with van der Waals surface area (Å²) in [6.07, 6.45) is 3.92. The van der Waals surface area contributed by atoms with Crippen LogP contribution in [0.25, 0.3) is 0 Å². The lowest BCUT2D eigenvalue weighted by molar-refractivity contribution is -0.139. The van der Waals surface area contributed by atoms with Gasteiger partial charge in [0.05, 0.1) is 0 Å². The van der Waals surface area contributed by atoms with E-state index in [4.69, 9.17) is 9.47 Å². The maximum atomic E-state index is 12.9. The minimum Gasteiger partial charge on any atom is -0.489 e. The molecule has 1 atom stereocenters. The maximum Gasteiger partial charge on any atom is 0.256 e. The predicted octanol–water partition coefficient (Wildman–Crippen LogP) is 5.89. The highest BCUT2D eigenvalue weighted by Gasteiger charge is 2.33. The third-order valence-electron chi connectivity index (χ3n) is 4.87. The molecule has 1 N–H and O–H groups in total. The minimum absolute atomic E-state index is 0.0946. The van der Waals surface area contributed by atoms with Crippen LogP contribution >= 0.6 is 0 Å². The van der Waals surface area contributed by atoms with E-state index < -0.39 is 5.60 Å². The van der Waals surface area contributed by atoms with Crippen LogP contribution in [0.15, 0.2) is 48.5 Å². The van der Waals surface area contributed by atoms with Gasteiger partial charge in [0, 0.05) is 12.3 Å². The van der Waals surface area contributed by atoms with E-state index in [0.717, 1.165) is 48.2 Å². The van der Waals surface area contributed by atoms with Crippen molar-refractivity contribution in [3.8, 4) is 5.75 Å². The first-order valence-corrected chi connectivity index (χ1v) is 10.2. The molecule has 0 fully saturated rings. The summed E-state index contributed by atoms with van der Waals surface area (Å²) in [4.78, 5) is 12.9. The van der Waals surface area contributed by atoms with Crippen molar-refractivity contribution in [3.05, 3.63) is 59.7 Å². The first-order valence-electron chi connectivity index (χ1n) is 10.2. The number of nitrogens with one attached hydrogen (secondary N) is 1. The number of hydrogen-bond acceptors (Lipinski definition) is 3. The molecule has 28 heavy (non-hydrogen) atoms. The summed E-state index contributed by atoms with van der Waals surface area (Å²) in [5, 5.41) is 3.02. The molecular weight excluding hydrogens is 350 g/mol. The zero-order valence-corrected chi connectivity index (χ0v) is 17.6. The molecule has 2 rings (SSSR count). The fourth-order valence-electron chi connectivity index (χ4n) is 3.17. The fraction of sp³-hybridized carbons (Fsp3) is 0.458. The summed E-state index contributed by atoms with van der Waals surface area (Å²) in [5.74, 6) is 0.722. The van der Waals surface area contributed by atoms with Crippen molar-refractivity contribution in [2.24, 2.45) is 0 Å². The van der Waals surface area contributed by atoms with Gasteiger partial charge in [0.15, 0.2) is 0 Å². The highest BCUT2D eigenvalue weighted by Crippen LogP contribution is 2.26. The quantitative estimate of drug-likeness (QED) is 0.492. The summed E-state index contributed by atoms with van der Waals surface area (Å²) in [6, 6.07) is 15.8. The number of rotatable bonds is 11. The second-order valence-electron chi connectivity index (χ2n) is 7.33. The Morgan fingerprint density at radius 3 is 2.46 bits per heavy atom. The standard InChI is InChI=1S/C24H33NO3/c1-5-7-11-16-24(4,28-6-2)23(26)25-21-14-15-22(19(3)17-21)27-18-20-12-9-8-10-13-20/h8-10,12-15,17H,5-7,11,16,18H2,1-4H3,(H,25,26)/t24-/m1/s1. The van der Waals surface area contributed by atoms with E-state index in [-0.39, 0.29) is 5.91 Å². The summed E-state index contributed by atoms with van der Waals surface area (Å²) in [5.41, 5.74) is 2.06. The van der Waals surface area contributed by atoms with Crippen molar-refractivity contribution < 1.29 is 14.3 Å². The fourth-order valence-corrected chi connectivity index (χ4v) is 3.17. The van der Waals surface area contributed by atoms with Crippen molar-refractivity contribution in [1.29, 1.82) is 0 Å². The number of amides is 1. The molecule has 0 spiro atoms. The molecule has 0 aliphatic heterocycles. The van der Waals surface area contributed by atoms with E-state index in [1.807, 2.05) is 69.3 Å². The first kappa shape index (κ1) is 22.0. The Morgan fingerprint density at radius 1 is 1.07 bits per heavy atom. The molecule has 4 heteroatoms. The number of hydrogen-bond donors (Lipinski definition) is 1. The van der Waals surface area contributed by atoms with E-state index >= 15 is 0 Å². The number of aryl methyl sites for hydroxylation is 1. The Kier molecular flexibility index (Phi) is 8.52. The van der Waals surface area contributed by atoms with Crippen molar-refractivity contribution in [1.82, 2.24) is 0 Å². The van der Waals surface area contributed by atoms with E-state index in [0.29, 0.717) is 13.2 Å². The molecule has 0 saturated heterocycles. The highest BCUT2D eigenvalue weighted by atomic mass is 16.5. The number of anilines is 1. The molecule has 2 aromatic carbocycles. The summed E-state index contributed by atoms with van der Waals surface area (Å²) in [7, 11) is 0. The Morgan fingerprint density at radius 2 is 1.82 bits per heavy atom. The van der Waals surface area contributed by atoms with Gasteiger partial charge in [0.2, 0.25) is 0 Å². The van der Waals surface area contributed by atoms with Crippen molar-refractivity contribution in [2.75, 3.05) is 11.9 Å². The Hall–Kier alpha value is -2.33. The van der Waals surface area contributed by atoms with Crippen LogP contribution in [0.4, 0.5) is 5.69 Å².